The Balaban J connectivity index is 1.87. The van der Waals surface area contributed by atoms with Gasteiger partial charge in [0.1, 0.15) is 6.04 Å². The fourth-order valence-electron chi connectivity index (χ4n) is 2.25. The second kappa shape index (κ2) is 8.79. The van der Waals surface area contributed by atoms with Crippen LogP contribution in [0.15, 0.2) is 53.4 Å². The second-order valence-electron chi connectivity index (χ2n) is 6.18. The van der Waals surface area contributed by atoms with E-state index in [1.807, 2.05) is 19.9 Å². The van der Waals surface area contributed by atoms with E-state index in [9.17, 15) is 18.0 Å². The molecule has 0 unspecified atom stereocenters. The summed E-state index contributed by atoms with van der Waals surface area (Å²) in [5, 5.41) is 2.60. The molecule has 0 aliphatic carbocycles. The van der Waals surface area contributed by atoms with Crippen LogP contribution in [-0.2, 0) is 24.3 Å². The van der Waals surface area contributed by atoms with Crippen molar-refractivity contribution in [3.63, 3.8) is 0 Å². The Hall–Kier alpha value is -2.71. The van der Waals surface area contributed by atoms with Crippen molar-refractivity contribution in [3.8, 4) is 0 Å². The first-order valence-corrected chi connectivity index (χ1v) is 9.78. The summed E-state index contributed by atoms with van der Waals surface area (Å²) in [7, 11) is -3.86. The minimum Gasteiger partial charge on any atom is -0.454 e. The molecule has 1 amide bonds. The number of carbonyl (C=O) groups excluding carboxylic acids is 2. The van der Waals surface area contributed by atoms with Gasteiger partial charge in [0.25, 0.3) is 5.91 Å². The maximum Gasteiger partial charge on any atom is 0.324 e. The van der Waals surface area contributed by atoms with Crippen LogP contribution in [0.5, 0.6) is 0 Å². The largest absolute Gasteiger partial charge is 0.454 e. The molecule has 2 rings (SSSR count). The molecule has 7 nitrogen and oxygen atoms in total. The maximum absolute atomic E-state index is 12.3. The minimum absolute atomic E-state index is 0.0462. The number of hydrogen-bond donors (Lipinski definition) is 2. The van der Waals surface area contributed by atoms with Crippen molar-refractivity contribution in [3.05, 3.63) is 59.7 Å². The summed E-state index contributed by atoms with van der Waals surface area (Å²) < 4.78 is 31.7. The number of nitrogens with one attached hydrogen (secondary N) is 2. The molecular weight excluding hydrogens is 368 g/mol. The van der Waals surface area contributed by atoms with Crippen LogP contribution in [0.1, 0.15) is 18.1 Å². The SMILES string of the molecule is Cc1ccc(S(=O)(=O)N[C@@H](C)C(=O)OCC(=O)Nc2cccc(C)c2)cc1. The van der Waals surface area contributed by atoms with Crippen molar-refractivity contribution in [2.75, 3.05) is 11.9 Å². The van der Waals surface area contributed by atoms with Crippen LogP contribution in [0.3, 0.4) is 0 Å². The van der Waals surface area contributed by atoms with Crippen LogP contribution in [-0.4, -0.2) is 32.9 Å². The smallest absolute Gasteiger partial charge is 0.324 e. The first kappa shape index (κ1) is 20.6. The molecule has 0 aliphatic heterocycles. The van der Waals surface area contributed by atoms with Gasteiger partial charge in [-0.05, 0) is 50.6 Å². The minimum atomic E-state index is -3.86. The monoisotopic (exact) mass is 390 g/mol. The number of hydrogen-bond acceptors (Lipinski definition) is 5. The van der Waals surface area contributed by atoms with Crippen molar-refractivity contribution in [1.82, 2.24) is 4.72 Å². The fourth-order valence-corrected chi connectivity index (χ4v) is 3.44. The van der Waals surface area contributed by atoms with Gasteiger partial charge >= 0.3 is 5.97 Å². The predicted molar refractivity (Wildman–Crippen MR) is 102 cm³/mol. The summed E-state index contributed by atoms with van der Waals surface area (Å²) in [5.74, 6) is -1.35. The van der Waals surface area contributed by atoms with Crippen molar-refractivity contribution in [2.45, 2.75) is 31.7 Å². The van der Waals surface area contributed by atoms with Crippen molar-refractivity contribution in [1.29, 1.82) is 0 Å². The number of anilines is 1. The number of amides is 1. The highest BCUT2D eigenvalue weighted by Crippen LogP contribution is 2.11. The fraction of sp³-hybridized carbons (Fsp3) is 0.263. The summed E-state index contributed by atoms with van der Waals surface area (Å²) in [6, 6.07) is 12.2. The molecule has 0 heterocycles. The van der Waals surface area contributed by atoms with Crippen LogP contribution >= 0.6 is 0 Å². The summed E-state index contributed by atoms with van der Waals surface area (Å²) in [4.78, 5) is 23.9. The van der Waals surface area contributed by atoms with Gasteiger partial charge in [0.05, 0.1) is 4.90 Å². The van der Waals surface area contributed by atoms with E-state index >= 15 is 0 Å². The summed E-state index contributed by atoms with van der Waals surface area (Å²) >= 11 is 0. The van der Waals surface area contributed by atoms with E-state index < -0.39 is 34.5 Å². The van der Waals surface area contributed by atoms with Crippen LogP contribution in [0.25, 0.3) is 0 Å². The number of ether oxygens (including phenoxy) is 1. The van der Waals surface area contributed by atoms with E-state index in [1.54, 1.807) is 30.3 Å². The molecular formula is C19H22N2O5S. The molecule has 0 aliphatic rings. The summed E-state index contributed by atoms with van der Waals surface area (Å²) in [5.41, 5.74) is 2.48. The van der Waals surface area contributed by atoms with E-state index in [0.29, 0.717) is 5.69 Å². The van der Waals surface area contributed by atoms with Gasteiger partial charge in [-0.15, -0.1) is 0 Å². The van der Waals surface area contributed by atoms with Gasteiger partial charge in [0, 0.05) is 5.69 Å². The normalized spacial score (nSPS) is 12.3. The third-order valence-corrected chi connectivity index (χ3v) is 5.22. The van der Waals surface area contributed by atoms with Crippen molar-refractivity contribution in [2.24, 2.45) is 0 Å². The van der Waals surface area contributed by atoms with Crippen LogP contribution in [0, 0.1) is 13.8 Å². The van der Waals surface area contributed by atoms with Crippen LogP contribution in [0.2, 0.25) is 0 Å². The maximum atomic E-state index is 12.3. The van der Waals surface area contributed by atoms with Gasteiger partial charge in [-0.3, -0.25) is 9.59 Å². The van der Waals surface area contributed by atoms with Crippen molar-refractivity contribution >= 4 is 27.6 Å². The van der Waals surface area contributed by atoms with Crippen LogP contribution in [0.4, 0.5) is 5.69 Å². The number of sulfonamides is 1. The average molecular weight is 390 g/mol. The quantitative estimate of drug-likeness (QED) is 0.706. The predicted octanol–water partition coefficient (Wildman–Crippen LogP) is 2.15. The van der Waals surface area contributed by atoms with E-state index in [0.717, 1.165) is 11.1 Å². The Morgan fingerprint density at radius 2 is 1.70 bits per heavy atom. The molecule has 0 aromatic heterocycles. The highest BCUT2D eigenvalue weighted by atomic mass is 32.2. The standard InChI is InChI=1S/C19H22N2O5S/c1-13-7-9-17(10-8-13)27(24,25)21-15(3)19(23)26-12-18(22)20-16-6-4-5-14(2)11-16/h4-11,15,21H,12H2,1-3H3,(H,20,22)/t15-/m0/s1. The van der Waals surface area contributed by atoms with E-state index in [1.165, 1.54) is 19.1 Å². The van der Waals surface area contributed by atoms with Crippen LogP contribution < -0.4 is 10.0 Å². The first-order valence-electron chi connectivity index (χ1n) is 8.29. The first-order chi connectivity index (χ1) is 12.7. The Bertz CT molecular complexity index is 923. The molecule has 8 heteroatoms. The lowest BCUT2D eigenvalue weighted by atomic mass is 10.2. The van der Waals surface area contributed by atoms with E-state index in [2.05, 4.69) is 10.0 Å². The Labute approximate surface area is 158 Å². The lowest BCUT2D eigenvalue weighted by molar-refractivity contribution is -0.148. The second-order valence-corrected chi connectivity index (χ2v) is 7.90. The molecule has 2 aromatic rings. The average Bonchev–Trinajstić information content (AvgIpc) is 2.59. The van der Waals surface area contributed by atoms with E-state index in [4.69, 9.17) is 4.74 Å². The molecule has 0 bridgehead atoms. The topological polar surface area (TPSA) is 102 Å². The number of carbonyl (C=O) groups is 2. The van der Waals surface area contributed by atoms with Gasteiger partial charge in [0.2, 0.25) is 10.0 Å². The molecule has 2 N–H and O–H groups in total. The molecule has 144 valence electrons. The Kier molecular flexibility index (Phi) is 6.70. The number of rotatable bonds is 7. The third kappa shape index (κ3) is 6.19. The Morgan fingerprint density at radius 3 is 2.33 bits per heavy atom. The molecule has 0 saturated carbocycles. The summed E-state index contributed by atoms with van der Waals surface area (Å²) in [6.07, 6.45) is 0. The lowest BCUT2D eigenvalue weighted by Crippen LogP contribution is -2.40. The van der Waals surface area contributed by atoms with Gasteiger partial charge in [-0.1, -0.05) is 29.8 Å². The zero-order chi connectivity index (χ0) is 20.0. The number of aryl methyl sites for hydroxylation is 2. The lowest BCUT2D eigenvalue weighted by Gasteiger charge is -2.14. The molecule has 2 aromatic carbocycles. The molecule has 0 spiro atoms. The zero-order valence-corrected chi connectivity index (χ0v) is 16.2. The third-order valence-electron chi connectivity index (χ3n) is 3.66. The van der Waals surface area contributed by atoms with E-state index in [-0.39, 0.29) is 4.90 Å². The molecule has 27 heavy (non-hydrogen) atoms. The van der Waals surface area contributed by atoms with Gasteiger partial charge in [-0.25, -0.2) is 8.42 Å². The number of esters is 1. The highest BCUT2D eigenvalue weighted by Gasteiger charge is 2.23. The summed E-state index contributed by atoms with van der Waals surface area (Å²) in [6.45, 7) is 4.57. The highest BCUT2D eigenvalue weighted by molar-refractivity contribution is 7.89. The van der Waals surface area contributed by atoms with Crippen molar-refractivity contribution < 1.29 is 22.7 Å². The molecule has 0 saturated heterocycles. The van der Waals surface area contributed by atoms with Gasteiger partial charge in [-0.2, -0.15) is 4.72 Å². The number of benzene rings is 2. The molecule has 0 radical (unpaired) electrons. The Morgan fingerprint density at radius 1 is 1.04 bits per heavy atom. The van der Waals surface area contributed by atoms with Gasteiger partial charge < -0.3 is 10.1 Å². The zero-order valence-electron chi connectivity index (χ0n) is 15.4. The molecule has 1 atom stereocenters. The molecule has 0 fully saturated rings. The van der Waals surface area contributed by atoms with Gasteiger partial charge in [0.15, 0.2) is 6.61 Å².